The van der Waals surface area contributed by atoms with Gasteiger partial charge in [-0.25, -0.2) is 0 Å². The minimum absolute atomic E-state index is 0.00593. The molecule has 0 bridgehead atoms. The van der Waals surface area contributed by atoms with Crippen molar-refractivity contribution in [2.45, 2.75) is 39.2 Å². The maximum atomic E-state index is 12.0. The summed E-state index contributed by atoms with van der Waals surface area (Å²) in [6, 6.07) is 8.19. The highest BCUT2D eigenvalue weighted by molar-refractivity contribution is 5.89. The summed E-state index contributed by atoms with van der Waals surface area (Å²) in [6.07, 6.45) is 2.62. The van der Waals surface area contributed by atoms with Crippen molar-refractivity contribution < 1.29 is 4.79 Å². The molecule has 2 rings (SSSR count). The van der Waals surface area contributed by atoms with Gasteiger partial charge in [0.05, 0.1) is 6.04 Å². The standard InChI is InChI=1S/C14H19NO/c1-3-10(2)8-14(16)13-9-11-6-4-5-7-12(11)15-13/h4-7,10,13,15H,3,8-9H2,1-2H3. The molecule has 16 heavy (non-hydrogen) atoms. The number of ketones is 1. The first-order chi connectivity index (χ1) is 7.70. The van der Waals surface area contributed by atoms with Gasteiger partial charge in [0.1, 0.15) is 0 Å². The molecule has 0 spiro atoms. The molecule has 1 aliphatic heterocycles. The van der Waals surface area contributed by atoms with Gasteiger partial charge in [-0.1, -0.05) is 38.5 Å². The van der Waals surface area contributed by atoms with E-state index in [0.717, 1.165) is 18.5 Å². The normalized spacial score (nSPS) is 20.0. The lowest BCUT2D eigenvalue weighted by molar-refractivity contribution is -0.120. The van der Waals surface area contributed by atoms with E-state index < -0.39 is 0 Å². The summed E-state index contributed by atoms with van der Waals surface area (Å²) in [5, 5.41) is 3.31. The highest BCUT2D eigenvalue weighted by Gasteiger charge is 2.26. The van der Waals surface area contributed by atoms with E-state index in [0.29, 0.717) is 18.1 Å². The summed E-state index contributed by atoms with van der Waals surface area (Å²) in [5.41, 5.74) is 2.40. The van der Waals surface area contributed by atoms with Gasteiger partial charge < -0.3 is 5.32 Å². The second kappa shape index (κ2) is 4.69. The summed E-state index contributed by atoms with van der Waals surface area (Å²) in [5.74, 6) is 0.851. The quantitative estimate of drug-likeness (QED) is 0.840. The Balaban J connectivity index is 1.98. The fraction of sp³-hybridized carbons (Fsp3) is 0.500. The molecular formula is C14H19NO. The number of rotatable bonds is 4. The molecule has 1 aliphatic rings. The lowest BCUT2D eigenvalue weighted by Gasteiger charge is -2.13. The Morgan fingerprint density at radius 3 is 2.94 bits per heavy atom. The number of nitrogens with one attached hydrogen (secondary N) is 1. The van der Waals surface area contributed by atoms with Gasteiger partial charge in [0, 0.05) is 18.5 Å². The van der Waals surface area contributed by atoms with E-state index in [1.54, 1.807) is 0 Å². The third-order valence-electron chi connectivity index (χ3n) is 3.41. The molecule has 0 saturated carbocycles. The highest BCUT2D eigenvalue weighted by atomic mass is 16.1. The highest BCUT2D eigenvalue weighted by Crippen LogP contribution is 2.26. The first-order valence-electron chi connectivity index (χ1n) is 6.08. The zero-order valence-electron chi connectivity index (χ0n) is 9.99. The molecule has 86 valence electrons. The Bertz CT molecular complexity index is 361. The van der Waals surface area contributed by atoms with E-state index in [1.807, 2.05) is 18.2 Å². The van der Waals surface area contributed by atoms with Gasteiger partial charge in [-0.05, 0) is 17.5 Å². The molecule has 2 nitrogen and oxygen atoms in total. The number of hydrogen-bond acceptors (Lipinski definition) is 2. The fourth-order valence-electron chi connectivity index (χ4n) is 2.12. The topological polar surface area (TPSA) is 29.1 Å². The van der Waals surface area contributed by atoms with Crippen LogP contribution in [0.4, 0.5) is 5.69 Å². The molecular weight excluding hydrogens is 198 g/mol. The average molecular weight is 217 g/mol. The van der Waals surface area contributed by atoms with Crippen LogP contribution in [0.3, 0.4) is 0 Å². The Kier molecular flexibility index (Phi) is 3.28. The molecule has 1 aromatic carbocycles. The average Bonchev–Trinajstić information content (AvgIpc) is 2.72. The van der Waals surface area contributed by atoms with Crippen LogP contribution in [0.25, 0.3) is 0 Å². The van der Waals surface area contributed by atoms with Crippen LogP contribution >= 0.6 is 0 Å². The Hall–Kier alpha value is -1.31. The number of carbonyl (C=O) groups is 1. The van der Waals surface area contributed by atoms with Gasteiger partial charge in [0.15, 0.2) is 5.78 Å². The van der Waals surface area contributed by atoms with Crippen LogP contribution < -0.4 is 5.32 Å². The third kappa shape index (κ3) is 2.26. The van der Waals surface area contributed by atoms with Gasteiger partial charge in [-0.3, -0.25) is 4.79 Å². The largest absolute Gasteiger partial charge is 0.375 e. The monoisotopic (exact) mass is 217 g/mol. The van der Waals surface area contributed by atoms with Crippen molar-refractivity contribution in [1.82, 2.24) is 0 Å². The van der Waals surface area contributed by atoms with Crippen molar-refractivity contribution >= 4 is 11.5 Å². The van der Waals surface area contributed by atoms with Gasteiger partial charge in [-0.2, -0.15) is 0 Å². The summed E-state index contributed by atoms with van der Waals surface area (Å²) in [7, 11) is 0. The summed E-state index contributed by atoms with van der Waals surface area (Å²) in [4.78, 5) is 12.0. The lowest BCUT2D eigenvalue weighted by Crippen LogP contribution is -2.28. The number of carbonyl (C=O) groups excluding carboxylic acids is 1. The number of fused-ring (bicyclic) bond motifs is 1. The van der Waals surface area contributed by atoms with Crippen LogP contribution in [0.15, 0.2) is 24.3 Å². The smallest absolute Gasteiger partial charge is 0.155 e. The van der Waals surface area contributed by atoms with Crippen molar-refractivity contribution in [3.63, 3.8) is 0 Å². The van der Waals surface area contributed by atoms with Gasteiger partial charge in [0.2, 0.25) is 0 Å². The number of hydrogen-bond donors (Lipinski definition) is 1. The van der Waals surface area contributed by atoms with Crippen molar-refractivity contribution in [3.05, 3.63) is 29.8 Å². The summed E-state index contributed by atoms with van der Waals surface area (Å²) >= 11 is 0. The molecule has 0 amide bonds. The molecule has 2 unspecified atom stereocenters. The molecule has 0 radical (unpaired) electrons. The minimum atomic E-state index is 0.00593. The lowest BCUT2D eigenvalue weighted by atomic mass is 9.96. The van der Waals surface area contributed by atoms with Crippen molar-refractivity contribution in [2.75, 3.05) is 5.32 Å². The second-order valence-electron chi connectivity index (χ2n) is 4.74. The van der Waals surface area contributed by atoms with Gasteiger partial charge in [0.25, 0.3) is 0 Å². The minimum Gasteiger partial charge on any atom is -0.375 e. The summed E-state index contributed by atoms with van der Waals surface area (Å²) < 4.78 is 0. The predicted octanol–water partition coefficient (Wildman–Crippen LogP) is 3.03. The van der Waals surface area contributed by atoms with Crippen LogP contribution in [-0.4, -0.2) is 11.8 Å². The van der Waals surface area contributed by atoms with Crippen LogP contribution in [0, 0.1) is 5.92 Å². The maximum absolute atomic E-state index is 12.0. The van der Waals surface area contributed by atoms with Crippen LogP contribution in [0.5, 0.6) is 0 Å². The van der Waals surface area contributed by atoms with E-state index in [1.165, 1.54) is 5.56 Å². The summed E-state index contributed by atoms with van der Waals surface area (Å²) in [6.45, 7) is 4.27. The number of Topliss-reactive ketones (excluding diaryl/α,β-unsaturated/α-hetero) is 1. The van der Waals surface area contributed by atoms with E-state index in [9.17, 15) is 4.79 Å². The maximum Gasteiger partial charge on any atom is 0.155 e. The molecule has 0 fully saturated rings. The molecule has 1 N–H and O–H groups in total. The third-order valence-corrected chi connectivity index (χ3v) is 3.41. The number of anilines is 1. The predicted molar refractivity (Wildman–Crippen MR) is 66.6 cm³/mol. The van der Waals surface area contributed by atoms with E-state index >= 15 is 0 Å². The zero-order valence-corrected chi connectivity index (χ0v) is 9.99. The van der Waals surface area contributed by atoms with Gasteiger partial charge in [-0.15, -0.1) is 0 Å². The first kappa shape index (κ1) is 11.2. The Labute approximate surface area is 97.1 Å². The SMILES string of the molecule is CCC(C)CC(=O)C1Cc2ccccc2N1. The Morgan fingerprint density at radius 1 is 1.50 bits per heavy atom. The second-order valence-corrected chi connectivity index (χ2v) is 4.74. The molecule has 2 atom stereocenters. The zero-order chi connectivity index (χ0) is 11.5. The van der Waals surface area contributed by atoms with Gasteiger partial charge >= 0.3 is 0 Å². The van der Waals surface area contributed by atoms with Crippen LogP contribution in [0.1, 0.15) is 32.3 Å². The molecule has 1 aromatic rings. The van der Waals surface area contributed by atoms with Crippen LogP contribution in [-0.2, 0) is 11.2 Å². The van der Waals surface area contributed by atoms with Crippen molar-refractivity contribution in [1.29, 1.82) is 0 Å². The molecule has 0 aliphatic carbocycles. The van der Waals surface area contributed by atoms with Crippen LogP contribution in [0.2, 0.25) is 0 Å². The van der Waals surface area contributed by atoms with E-state index in [4.69, 9.17) is 0 Å². The number of benzene rings is 1. The molecule has 0 aromatic heterocycles. The number of para-hydroxylation sites is 1. The van der Waals surface area contributed by atoms with Crippen molar-refractivity contribution in [3.8, 4) is 0 Å². The molecule has 1 heterocycles. The fourth-order valence-corrected chi connectivity index (χ4v) is 2.12. The molecule has 0 saturated heterocycles. The van der Waals surface area contributed by atoms with E-state index in [2.05, 4.69) is 25.2 Å². The van der Waals surface area contributed by atoms with E-state index in [-0.39, 0.29) is 6.04 Å². The molecule has 2 heteroatoms. The van der Waals surface area contributed by atoms with Crippen molar-refractivity contribution in [2.24, 2.45) is 5.92 Å². The first-order valence-corrected chi connectivity index (χ1v) is 6.08. The Morgan fingerprint density at radius 2 is 2.25 bits per heavy atom.